The Kier molecular flexibility index (Phi) is 4.38. The molecule has 0 bridgehead atoms. The standard InChI is InChI=1S/C17H23N3O3S/c1-10(2)24(22,23)11(3)17(21)18-13-7-8-14-15(9-13)20-16(19-14)12-5-4-6-12/h7-12H,4-6H2,1-3H3,(H,18,21)(H,19,20)/t11-/m0/s1. The van der Waals surface area contributed by atoms with Gasteiger partial charge in [-0.15, -0.1) is 0 Å². The first-order chi connectivity index (χ1) is 11.3. The molecule has 1 atom stereocenters. The number of hydrogen-bond acceptors (Lipinski definition) is 4. The van der Waals surface area contributed by atoms with Gasteiger partial charge in [0.1, 0.15) is 11.1 Å². The SMILES string of the molecule is CC(C)S(=O)(=O)[C@@H](C)C(=O)Nc1ccc2nc(C3CCC3)[nH]c2c1. The maximum atomic E-state index is 12.3. The third-order valence-corrected chi connectivity index (χ3v) is 7.29. The lowest BCUT2D eigenvalue weighted by atomic mass is 9.85. The topological polar surface area (TPSA) is 91.9 Å². The van der Waals surface area contributed by atoms with Crippen LogP contribution in [0.1, 0.15) is 51.8 Å². The van der Waals surface area contributed by atoms with Gasteiger partial charge in [-0.3, -0.25) is 4.79 Å². The Morgan fingerprint density at radius 3 is 2.58 bits per heavy atom. The smallest absolute Gasteiger partial charge is 0.242 e. The molecule has 0 radical (unpaired) electrons. The normalized spacial score (nSPS) is 17.0. The summed E-state index contributed by atoms with van der Waals surface area (Å²) in [6.45, 7) is 4.59. The maximum Gasteiger partial charge on any atom is 0.242 e. The predicted octanol–water partition coefficient (Wildman–Crippen LogP) is 2.98. The highest BCUT2D eigenvalue weighted by atomic mass is 32.2. The number of imidazole rings is 1. The minimum Gasteiger partial charge on any atom is -0.342 e. The van der Waals surface area contributed by atoms with Crippen molar-refractivity contribution in [2.75, 3.05) is 5.32 Å². The van der Waals surface area contributed by atoms with Gasteiger partial charge in [0.25, 0.3) is 0 Å². The van der Waals surface area contributed by atoms with Crippen LogP contribution in [0.15, 0.2) is 18.2 Å². The molecule has 1 fully saturated rings. The van der Waals surface area contributed by atoms with E-state index in [0.717, 1.165) is 29.7 Å². The number of nitrogens with one attached hydrogen (secondary N) is 2. The van der Waals surface area contributed by atoms with E-state index >= 15 is 0 Å². The molecule has 2 N–H and O–H groups in total. The van der Waals surface area contributed by atoms with E-state index in [-0.39, 0.29) is 0 Å². The second kappa shape index (κ2) is 6.20. The third-order valence-electron chi connectivity index (χ3n) is 4.78. The highest BCUT2D eigenvalue weighted by Crippen LogP contribution is 2.35. The summed E-state index contributed by atoms with van der Waals surface area (Å²) in [6.07, 6.45) is 3.56. The van der Waals surface area contributed by atoms with Crippen LogP contribution in [0.25, 0.3) is 11.0 Å². The number of anilines is 1. The summed E-state index contributed by atoms with van der Waals surface area (Å²) in [7, 11) is -3.47. The number of nitrogens with zero attached hydrogens (tertiary/aromatic N) is 1. The van der Waals surface area contributed by atoms with Crippen molar-refractivity contribution in [2.24, 2.45) is 0 Å². The first kappa shape index (κ1) is 17.0. The van der Waals surface area contributed by atoms with E-state index < -0.39 is 26.2 Å². The van der Waals surface area contributed by atoms with Crippen molar-refractivity contribution < 1.29 is 13.2 Å². The maximum absolute atomic E-state index is 12.3. The molecule has 3 rings (SSSR count). The average molecular weight is 349 g/mol. The van der Waals surface area contributed by atoms with Crippen LogP contribution in [0.5, 0.6) is 0 Å². The minimum absolute atomic E-state index is 0.506. The second-order valence-electron chi connectivity index (χ2n) is 6.75. The van der Waals surface area contributed by atoms with Crippen LogP contribution in [0.4, 0.5) is 5.69 Å². The first-order valence-electron chi connectivity index (χ1n) is 8.32. The number of amides is 1. The van der Waals surface area contributed by atoms with Crippen molar-refractivity contribution in [1.29, 1.82) is 0 Å². The summed E-state index contributed by atoms with van der Waals surface area (Å²) >= 11 is 0. The molecular formula is C17H23N3O3S. The van der Waals surface area contributed by atoms with Crippen LogP contribution in [-0.4, -0.2) is 34.8 Å². The van der Waals surface area contributed by atoms with Crippen molar-refractivity contribution >= 4 is 32.5 Å². The molecule has 1 aliphatic rings. The predicted molar refractivity (Wildman–Crippen MR) is 94.8 cm³/mol. The average Bonchev–Trinajstić information content (AvgIpc) is 2.86. The Morgan fingerprint density at radius 1 is 1.29 bits per heavy atom. The summed E-state index contributed by atoms with van der Waals surface area (Å²) in [5, 5.41) is 1.03. The van der Waals surface area contributed by atoms with Gasteiger partial charge in [-0.05, 0) is 51.8 Å². The minimum atomic E-state index is -3.47. The molecule has 1 aromatic heterocycles. The Bertz CT molecular complexity index is 866. The lowest BCUT2D eigenvalue weighted by molar-refractivity contribution is -0.115. The lowest BCUT2D eigenvalue weighted by Crippen LogP contribution is -2.36. The molecule has 0 saturated heterocycles. The van der Waals surface area contributed by atoms with Gasteiger partial charge < -0.3 is 10.3 Å². The molecule has 1 aliphatic carbocycles. The largest absolute Gasteiger partial charge is 0.342 e. The molecule has 2 aromatic rings. The molecule has 1 amide bonds. The van der Waals surface area contributed by atoms with Crippen LogP contribution in [0, 0.1) is 0 Å². The van der Waals surface area contributed by atoms with E-state index in [1.165, 1.54) is 13.3 Å². The number of fused-ring (bicyclic) bond motifs is 1. The van der Waals surface area contributed by atoms with Gasteiger partial charge >= 0.3 is 0 Å². The van der Waals surface area contributed by atoms with E-state index in [9.17, 15) is 13.2 Å². The molecule has 1 saturated carbocycles. The van der Waals surface area contributed by atoms with Gasteiger partial charge in [-0.25, -0.2) is 13.4 Å². The fourth-order valence-corrected chi connectivity index (χ4v) is 3.96. The van der Waals surface area contributed by atoms with Crippen molar-refractivity contribution in [3.8, 4) is 0 Å². The quantitative estimate of drug-likeness (QED) is 0.868. The number of aromatic nitrogens is 2. The van der Waals surface area contributed by atoms with Crippen molar-refractivity contribution in [2.45, 2.75) is 56.5 Å². The van der Waals surface area contributed by atoms with Gasteiger partial charge in [-0.1, -0.05) is 6.42 Å². The Hall–Kier alpha value is -1.89. The third kappa shape index (κ3) is 3.05. The number of benzene rings is 1. The molecule has 0 spiro atoms. The van der Waals surface area contributed by atoms with Crippen molar-refractivity contribution in [3.63, 3.8) is 0 Å². The van der Waals surface area contributed by atoms with Gasteiger partial charge in [0.2, 0.25) is 5.91 Å². The van der Waals surface area contributed by atoms with E-state index in [2.05, 4.69) is 15.3 Å². The second-order valence-corrected chi connectivity index (χ2v) is 9.58. The van der Waals surface area contributed by atoms with Crippen LogP contribution >= 0.6 is 0 Å². The molecular weight excluding hydrogens is 326 g/mol. The van der Waals surface area contributed by atoms with Gasteiger partial charge in [0, 0.05) is 11.6 Å². The van der Waals surface area contributed by atoms with Crippen molar-refractivity contribution in [1.82, 2.24) is 9.97 Å². The number of sulfone groups is 1. The first-order valence-corrected chi connectivity index (χ1v) is 9.93. The Morgan fingerprint density at radius 2 is 2.00 bits per heavy atom. The molecule has 130 valence electrons. The fraction of sp³-hybridized carbons (Fsp3) is 0.529. The molecule has 0 aliphatic heterocycles. The lowest BCUT2D eigenvalue weighted by Gasteiger charge is -2.22. The van der Waals surface area contributed by atoms with Gasteiger partial charge in [0.05, 0.1) is 16.3 Å². The van der Waals surface area contributed by atoms with E-state index in [1.54, 1.807) is 26.0 Å². The van der Waals surface area contributed by atoms with Crippen LogP contribution in [-0.2, 0) is 14.6 Å². The molecule has 7 heteroatoms. The zero-order chi connectivity index (χ0) is 17.5. The molecule has 1 heterocycles. The molecule has 0 unspecified atom stereocenters. The summed E-state index contributed by atoms with van der Waals surface area (Å²) in [5.41, 5.74) is 2.29. The van der Waals surface area contributed by atoms with Crippen LogP contribution < -0.4 is 5.32 Å². The monoisotopic (exact) mass is 349 g/mol. The van der Waals surface area contributed by atoms with E-state index in [1.807, 2.05) is 6.07 Å². The number of aromatic amines is 1. The Labute approximate surface area is 142 Å². The number of carbonyl (C=O) groups is 1. The zero-order valence-electron chi connectivity index (χ0n) is 14.2. The van der Waals surface area contributed by atoms with Crippen LogP contribution in [0.3, 0.4) is 0 Å². The zero-order valence-corrected chi connectivity index (χ0v) is 15.0. The fourth-order valence-electron chi connectivity index (χ4n) is 2.78. The highest BCUT2D eigenvalue weighted by molar-refractivity contribution is 7.93. The van der Waals surface area contributed by atoms with E-state index in [4.69, 9.17) is 0 Å². The molecule has 1 aromatic carbocycles. The molecule has 24 heavy (non-hydrogen) atoms. The number of carbonyl (C=O) groups excluding carboxylic acids is 1. The van der Waals surface area contributed by atoms with Crippen LogP contribution in [0.2, 0.25) is 0 Å². The van der Waals surface area contributed by atoms with Crippen molar-refractivity contribution in [3.05, 3.63) is 24.0 Å². The van der Waals surface area contributed by atoms with Gasteiger partial charge in [0.15, 0.2) is 9.84 Å². The van der Waals surface area contributed by atoms with Gasteiger partial charge in [-0.2, -0.15) is 0 Å². The summed E-state index contributed by atoms with van der Waals surface area (Å²) in [5.74, 6) is 0.990. The molecule has 6 nitrogen and oxygen atoms in total. The number of hydrogen-bond donors (Lipinski definition) is 2. The highest BCUT2D eigenvalue weighted by Gasteiger charge is 2.30. The number of H-pyrrole nitrogens is 1. The summed E-state index contributed by atoms with van der Waals surface area (Å²) < 4.78 is 24.2. The number of rotatable bonds is 5. The summed E-state index contributed by atoms with van der Waals surface area (Å²) in [6, 6.07) is 5.39. The summed E-state index contributed by atoms with van der Waals surface area (Å²) in [4.78, 5) is 20.1. The Balaban J connectivity index is 1.78. The van der Waals surface area contributed by atoms with E-state index in [0.29, 0.717) is 11.6 Å².